The average Bonchev–Trinajstić information content (AvgIpc) is 3.23. The zero-order chi connectivity index (χ0) is 21.8. The van der Waals surface area contributed by atoms with Crippen LogP contribution in [0.4, 0.5) is 10.8 Å². The number of piperidine rings is 1. The second-order valence-corrected chi connectivity index (χ2v) is 9.35. The van der Waals surface area contributed by atoms with Gasteiger partial charge in [0.05, 0.1) is 20.0 Å². The van der Waals surface area contributed by atoms with Gasteiger partial charge in [0.25, 0.3) is 0 Å². The minimum Gasteiger partial charge on any atom is -0.493 e. The molecule has 1 aliphatic rings. The fourth-order valence-electron chi connectivity index (χ4n) is 3.41. The molecule has 0 radical (unpaired) electrons. The number of aromatic nitrogens is 3. The van der Waals surface area contributed by atoms with Crippen LogP contribution < -0.4 is 19.7 Å². The highest BCUT2D eigenvalue weighted by atomic mass is 32.2. The molecule has 0 atom stereocenters. The number of hydrogen-bond acceptors (Lipinski definition) is 9. The Morgan fingerprint density at radius 1 is 1.23 bits per heavy atom. The predicted molar refractivity (Wildman–Crippen MR) is 125 cm³/mol. The van der Waals surface area contributed by atoms with Crippen LogP contribution in [-0.2, 0) is 4.79 Å². The van der Waals surface area contributed by atoms with Gasteiger partial charge in [-0.05, 0) is 30.9 Å². The van der Waals surface area contributed by atoms with Crippen LogP contribution in [0.3, 0.4) is 0 Å². The van der Waals surface area contributed by atoms with Gasteiger partial charge in [-0.3, -0.25) is 4.79 Å². The molecule has 3 heterocycles. The monoisotopic (exact) mass is 459 g/mol. The van der Waals surface area contributed by atoms with Gasteiger partial charge in [-0.15, -0.1) is 0 Å². The molecule has 0 spiro atoms. The average molecular weight is 460 g/mol. The number of anilines is 2. The Kier molecular flexibility index (Phi) is 6.77. The first-order valence-corrected chi connectivity index (χ1v) is 11.9. The van der Waals surface area contributed by atoms with E-state index in [2.05, 4.69) is 27.1 Å². The van der Waals surface area contributed by atoms with Crippen LogP contribution in [-0.4, -0.2) is 53.9 Å². The normalized spacial score (nSPS) is 14.6. The number of benzene rings is 1. The summed E-state index contributed by atoms with van der Waals surface area (Å²) in [5.74, 6) is 2.05. The number of carbonyl (C=O) groups is 1. The molecule has 10 heteroatoms. The maximum atomic E-state index is 12.5. The maximum absolute atomic E-state index is 12.5. The van der Waals surface area contributed by atoms with Gasteiger partial charge in [0.15, 0.2) is 22.3 Å². The molecule has 1 aromatic carbocycles. The van der Waals surface area contributed by atoms with E-state index in [0.29, 0.717) is 22.8 Å². The third-order valence-corrected chi connectivity index (χ3v) is 7.44. The van der Waals surface area contributed by atoms with E-state index in [1.807, 2.05) is 0 Å². The van der Waals surface area contributed by atoms with E-state index in [9.17, 15) is 4.79 Å². The Labute approximate surface area is 189 Å². The summed E-state index contributed by atoms with van der Waals surface area (Å²) in [7, 11) is 3.14. The Balaban J connectivity index is 1.42. The van der Waals surface area contributed by atoms with Crippen LogP contribution in [0.25, 0.3) is 10.3 Å². The van der Waals surface area contributed by atoms with E-state index in [0.717, 1.165) is 33.9 Å². The number of thiazole rings is 1. The van der Waals surface area contributed by atoms with Crippen molar-refractivity contribution in [1.29, 1.82) is 0 Å². The molecule has 2 aromatic heterocycles. The van der Waals surface area contributed by atoms with Crippen molar-refractivity contribution in [2.75, 3.05) is 43.3 Å². The Morgan fingerprint density at radius 2 is 2.00 bits per heavy atom. The van der Waals surface area contributed by atoms with Crippen molar-refractivity contribution in [2.24, 2.45) is 5.92 Å². The van der Waals surface area contributed by atoms with E-state index in [-0.39, 0.29) is 11.7 Å². The molecule has 1 fully saturated rings. The van der Waals surface area contributed by atoms with E-state index in [1.165, 1.54) is 30.9 Å². The summed E-state index contributed by atoms with van der Waals surface area (Å²) in [5.41, 5.74) is 1.34. The molecule has 0 saturated carbocycles. The molecule has 1 amide bonds. The minimum atomic E-state index is -0.126. The van der Waals surface area contributed by atoms with Crippen LogP contribution in [0.2, 0.25) is 0 Å². The van der Waals surface area contributed by atoms with Gasteiger partial charge in [-0.25, -0.2) is 9.97 Å². The molecule has 1 N–H and O–H groups in total. The Hall–Kier alpha value is -2.59. The van der Waals surface area contributed by atoms with Crippen LogP contribution >= 0.6 is 23.1 Å². The molecular weight excluding hydrogens is 434 g/mol. The smallest absolute Gasteiger partial charge is 0.234 e. The second kappa shape index (κ2) is 9.69. The Bertz CT molecular complexity index is 1070. The SMILES string of the molecule is COc1ccc(NC(=O)CSc2ncnc3nc(N4CCC(C)CC4)sc23)cc1OC. The first-order chi connectivity index (χ1) is 15.1. The fourth-order valence-corrected chi connectivity index (χ4v) is 5.35. The molecule has 1 aliphatic heterocycles. The van der Waals surface area contributed by atoms with Gasteiger partial charge in [0, 0.05) is 24.8 Å². The van der Waals surface area contributed by atoms with Gasteiger partial charge in [0.1, 0.15) is 16.1 Å². The summed E-state index contributed by atoms with van der Waals surface area (Å²) in [6, 6.07) is 5.27. The second-order valence-electron chi connectivity index (χ2n) is 7.40. The number of nitrogens with zero attached hydrogens (tertiary/aromatic N) is 4. The number of hydrogen-bond donors (Lipinski definition) is 1. The number of ether oxygens (including phenoxy) is 2. The summed E-state index contributed by atoms with van der Waals surface area (Å²) < 4.78 is 11.4. The highest BCUT2D eigenvalue weighted by Crippen LogP contribution is 2.35. The lowest BCUT2D eigenvalue weighted by atomic mass is 10.00. The van der Waals surface area contributed by atoms with E-state index in [4.69, 9.17) is 14.5 Å². The summed E-state index contributed by atoms with van der Waals surface area (Å²) in [6.07, 6.45) is 3.87. The predicted octanol–water partition coefficient (Wildman–Crippen LogP) is 4.07. The first-order valence-electron chi connectivity index (χ1n) is 10.1. The molecule has 0 bridgehead atoms. The summed E-state index contributed by atoms with van der Waals surface area (Å²) in [6.45, 7) is 4.33. The van der Waals surface area contributed by atoms with Gasteiger partial charge >= 0.3 is 0 Å². The third-order valence-electron chi connectivity index (χ3n) is 5.21. The van der Waals surface area contributed by atoms with E-state index < -0.39 is 0 Å². The van der Waals surface area contributed by atoms with Crippen LogP contribution in [0.15, 0.2) is 29.6 Å². The van der Waals surface area contributed by atoms with Crippen molar-refractivity contribution < 1.29 is 14.3 Å². The standard InChI is InChI=1S/C21H25N5O3S2/c1-13-6-8-26(9-7-13)21-25-19-18(31-21)20(23-12-22-19)30-11-17(27)24-14-4-5-15(28-2)16(10-14)29-3/h4-5,10,12-13H,6-9,11H2,1-3H3,(H,24,27). The zero-order valence-corrected chi connectivity index (χ0v) is 19.4. The molecule has 3 aromatic rings. The van der Waals surface area contributed by atoms with Gasteiger partial charge < -0.3 is 19.7 Å². The van der Waals surface area contributed by atoms with Gasteiger partial charge in [0.2, 0.25) is 5.91 Å². The van der Waals surface area contributed by atoms with E-state index in [1.54, 1.807) is 43.8 Å². The first kappa shape index (κ1) is 21.6. The maximum Gasteiger partial charge on any atom is 0.234 e. The van der Waals surface area contributed by atoms with Crippen molar-refractivity contribution in [1.82, 2.24) is 15.0 Å². The molecule has 4 rings (SSSR count). The lowest BCUT2D eigenvalue weighted by Crippen LogP contribution is -2.32. The van der Waals surface area contributed by atoms with Gasteiger partial charge in [-0.2, -0.15) is 4.98 Å². The summed E-state index contributed by atoms with van der Waals surface area (Å²) in [5, 5.41) is 4.65. The number of thioether (sulfide) groups is 1. The Morgan fingerprint density at radius 3 is 2.74 bits per heavy atom. The van der Waals surface area contributed by atoms with Crippen LogP contribution in [0, 0.1) is 5.92 Å². The van der Waals surface area contributed by atoms with Crippen molar-refractivity contribution in [3.05, 3.63) is 24.5 Å². The zero-order valence-electron chi connectivity index (χ0n) is 17.8. The number of amides is 1. The number of nitrogens with one attached hydrogen (secondary N) is 1. The molecular formula is C21H25N5O3S2. The van der Waals surface area contributed by atoms with Crippen LogP contribution in [0.5, 0.6) is 11.5 Å². The summed E-state index contributed by atoms with van der Waals surface area (Å²) >= 11 is 2.99. The van der Waals surface area contributed by atoms with Crippen molar-refractivity contribution in [3.63, 3.8) is 0 Å². The van der Waals surface area contributed by atoms with Crippen molar-refractivity contribution in [2.45, 2.75) is 24.8 Å². The lowest BCUT2D eigenvalue weighted by molar-refractivity contribution is -0.113. The van der Waals surface area contributed by atoms with Crippen LogP contribution in [0.1, 0.15) is 19.8 Å². The fraction of sp³-hybridized carbons (Fsp3) is 0.429. The van der Waals surface area contributed by atoms with Crippen molar-refractivity contribution in [3.8, 4) is 11.5 Å². The number of fused-ring (bicyclic) bond motifs is 1. The highest BCUT2D eigenvalue weighted by molar-refractivity contribution is 8.00. The minimum absolute atomic E-state index is 0.126. The molecule has 164 valence electrons. The largest absolute Gasteiger partial charge is 0.493 e. The number of carbonyl (C=O) groups excluding carboxylic acids is 1. The molecule has 1 saturated heterocycles. The lowest BCUT2D eigenvalue weighted by Gasteiger charge is -2.29. The molecule has 0 unspecified atom stereocenters. The quantitative estimate of drug-likeness (QED) is 0.418. The van der Waals surface area contributed by atoms with E-state index >= 15 is 0 Å². The topological polar surface area (TPSA) is 89.5 Å². The molecule has 31 heavy (non-hydrogen) atoms. The summed E-state index contributed by atoms with van der Waals surface area (Å²) in [4.78, 5) is 28.2. The van der Waals surface area contributed by atoms with Crippen molar-refractivity contribution >= 4 is 50.2 Å². The third kappa shape index (κ3) is 5.01. The molecule has 8 nitrogen and oxygen atoms in total. The number of rotatable bonds is 7. The molecule has 0 aliphatic carbocycles. The van der Waals surface area contributed by atoms with Gasteiger partial charge in [-0.1, -0.05) is 30.0 Å². The number of methoxy groups -OCH3 is 2. The highest BCUT2D eigenvalue weighted by Gasteiger charge is 2.21.